The van der Waals surface area contributed by atoms with E-state index >= 15 is 0 Å². The molecule has 2 aliphatic rings. The summed E-state index contributed by atoms with van der Waals surface area (Å²) < 4.78 is 42.1. The minimum atomic E-state index is -4.57. The van der Waals surface area contributed by atoms with Gasteiger partial charge in [0.2, 0.25) is 0 Å². The van der Waals surface area contributed by atoms with Crippen molar-refractivity contribution in [2.45, 2.75) is 31.9 Å². The van der Waals surface area contributed by atoms with Crippen LogP contribution in [0.4, 0.5) is 18.9 Å². The Labute approximate surface area is 169 Å². The van der Waals surface area contributed by atoms with Crippen LogP contribution in [0.2, 0.25) is 0 Å². The number of carbonyl (C=O) groups excluding carboxylic acids is 2. The first-order valence-electron chi connectivity index (χ1n) is 9.63. The predicted molar refractivity (Wildman–Crippen MR) is 103 cm³/mol. The molecule has 1 aliphatic heterocycles. The summed E-state index contributed by atoms with van der Waals surface area (Å²) in [6.07, 6.45) is -2.39. The van der Waals surface area contributed by atoms with Crippen LogP contribution in [-0.4, -0.2) is 21.6 Å². The van der Waals surface area contributed by atoms with Crippen molar-refractivity contribution in [3.8, 4) is 5.69 Å². The quantitative estimate of drug-likeness (QED) is 0.581. The van der Waals surface area contributed by atoms with E-state index in [1.807, 2.05) is 0 Å². The zero-order valence-electron chi connectivity index (χ0n) is 15.7. The van der Waals surface area contributed by atoms with Crippen LogP contribution in [0.5, 0.6) is 0 Å². The minimum absolute atomic E-state index is 0.200. The van der Waals surface area contributed by atoms with E-state index in [-0.39, 0.29) is 28.1 Å². The van der Waals surface area contributed by atoms with E-state index in [9.17, 15) is 22.8 Å². The molecule has 0 saturated heterocycles. The summed E-state index contributed by atoms with van der Waals surface area (Å²) >= 11 is 0. The molecule has 5 rings (SSSR count). The molecule has 2 heterocycles. The maximum Gasteiger partial charge on any atom is 0.435 e. The lowest BCUT2D eigenvalue weighted by Crippen LogP contribution is -2.30. The molecule has 2 amide bonds. The zero-order valence-corrected chi connectivity index (χ0v) is 15.7. The highest BCUT2D eigenvalue weighted by Gasteiger charge is 2.41. The number of nitrogens with zero attached hydrogens (tertiary/aromatic N) is 3. The number of fused-ring (bicyclic) bond motifs is 2. The van der Waals surface area contributed by atoms with Crippen LogP contribution >= 0.6 is 0 Å². The summed E-state index contributed by atoms with van der Waals surface area (Å²) in [4.78, 5) is 26.9. The molecule has 8 heteroatoms. The largest absolute Gasteiger partial charge is 0.435 e. The van der Waals surface area contributed by atoms with Gasteiger partial charge in [-0.3, -0.25) is 9.59 Å². The summed E-state index contributed by atoms with van der Waals surface area (Å²) in [5.74, 6) is -1.000. The van der Waals surface area contributed by atoms with Crippen LogP contribution in [-0.2, 0) is 19.0 Å². The number of benzene rings is 2. The first kappa shape index (κ1) is 18.6. The number of hydrogen-bond acceptors (Lipinski definition) is 3. The Morgan fingerprint density at radius 3 is 2.00 bits per heavy atom. The number of halogens is 3. The van der Waals surface area contributed by atoms with Crippen molar-refractivity contribution in [3.05, 3.63) is 76.6 Å². The molecule has 0 bridgehead atoms. The molecule has 1 aromatic heterocycles. The number of hydrogen-bond donors (Lipinski definition) is 0. The van der Waals surface area contributed by atoms with Crippen molar-refractivity contribution in [1.29, 1.82) is 0 Å². The summed E-state index contributed by atoms with van der Waals surface area (Å²) in [5.41, 5.74) is 0.832. The molecule has 2 aromatic carbocycles. The summed E-state index contributed by atoms with van der Waals surface area (Å²) in [7, 11) is 0. The van der Waals surface area contributed by atoms with Crippen molar-refractivity contribution in [1.82, 2.24) is 9.78 Å². The number of rotatable bonds is 2. The molecule has 152 valence electrons. The van der Waals surface area contributed by atoms with E-state index in [0.29, 0.717) is 25.0 Å². The van der Waals surface area contributed by atoms with E-state index in [0.717, 1.165) is 11.3 Å². The molecule has 0 atom stereocenters. The Kier molecular flexibility index (Phi) is 4.06. The van der Waals surface area contributed by atoms with Crippen molar-refractivity contribution < 1.29 is 22.8 Å². The first-order valence-corrected chi connectivity index (χ1v) is 9.63. The third-order valence-electron chi connectivity index (χ3n) is 5.59. The number of aromatic nitrogens is 2. The third kappa shape index (κ3) is 2.67. The molecule has 30 heavy (non-hydrogen) atoms. The lowest BCUT2D eigenvalue weighted by atomic mass is 9.95. The van der Waals surface area contributed by atoms with Gasteiger partial charge in [-0.25, -0.2) is 9.58 Å². The van der Waals surface area contributed by atoms with Crippen LogP contribution in [0.1, 0.15) is 50.5 Å². The Morgan fingerprint density at radius 1 is 0.800 bits per heavy atom. The maximum atomic E-state index is 13.6. The van der Waals surface area contributed by atoms with Crippen molar-refractivity contribution in [2.75, 3.05) is 4.90 Å². The fraction of sp³-hybridized carbons (Fsp3) is 0.227. The highest BCUT2D eigenvalue weighted by molar-refractivity contribution is 6.34. The maximum absolute atomic E-state index is 13.6. The molecule has 1 aliphatic carbocycles. The van der Waals surface area contributed by atoms with E-state index < -0.39 is 23.7 Å². The fourth-order valence-electron chi connectivity index (χ4n) is 4.27. The van der Waals surface area contributed by atoms with Crippen LogP contribution in [0.15, 0.2) is 48.5 Å². The van der Waals surface area contributed by atoms with Gasteiger partial charge in [-0.2, -0.15) is 18.3 Å². The third-order valence-corrected chi connectivity index (χ3v) is 5.59. The van der Waals surface area contributed by atoms with Gasteiger partial charge in [-0.05, 0) is 49.9 Å². The van der Waals surface area contributed by atoms with Crippen LogP contribution < -0.4 is 4.90 Å². The monoisotopic (exact) mass is 411 g/mol. The molecule has 5 nitrogen and oxygen atoms in total. The molecule has 3 aromatic rings. The van der Waals surface area contributed by atoms with Gasteiger partial charge >= 0.3 is 6.18 Å². The molecule has 0 fully saturated rings. The molecule has 0 radical (unpaired) electrons. The first-order chi connectivity index (χ1) is 14.4. The molecule has 0 spiro atoms. The average Bonchev–Trinajstić information content (AvgIpc) is 3.25. The summed E-state index contributed by atoms with van der Waals surface area (Å²) in [6, 6.07) is 12.9. The standard InChI is InChI=1S/C22H16F3N3O2/c23-22(24,25)19-15-9-3-4-10-16(15)28(26-19)18-12-6-5-11-17(18)27-20(29)13-7-1-2-8-14(13)21(27)30/h1-2,5-8,11-12H,3-4,9-10H2. The minimum Gasteiger partial charge on any atom is -0.268 e. The van der Waals surface area contributed by atoms with Gasteiger partial charge in [-0.1, -0.05) is 24.3 Å². The van der Waals surface area contributed by atoms with Crippen LogP contribution in [0.3, 0.4) is 0 Å². The highest BCUT2D eigenvalue weighted by atomic mass is 19.4. The molecule has 0 unspecified atom stereocenters. The van der Waals surface area contributed by atoms with E-state index in [4.69, 9.17) is 0 Å². The Hall–Kier alpha value is -3.42. The van der Waals surface area contributed by atoms with Gasteiger partial charge in [0.15, 0.2) is 5.69 Å². The van der Waals surface area contributed by atoms with Crippen molar-refractivity contribution >= 4 is 17.5 Å². The predicted octanol–water partition coefficient (Wildman–Crippen LogP) is 4.57. The van der Waals surface area contributed by atoms with E-state index in [1.165, 1.54) is 4.68 Å². The van der Waals surface area contributed by atoms with Crippen LogP contribution in [0, 0.1) is 0 Å². The lowest BCUT2D eigenvalue weighted by molar-refractivity contribution is -0.142. The van der Waals surface area contributed by atoms with Gasteiger partial charge in [0.25, 0.3) is 11.8 Å². The van der Waals surface area contributed by atoms with Gasteiger partial charge in [0.05, 0.1) is 22.5 Å². The van der Waals surface area contributed by atoms with Gasteiger partial charge in [0.1, 0.15) is 0 Å². The van der Waals surface area contributed by atoms with E-state index in [2.05, 4.69) is 5.10 Å². The van der Waals surface area contributed by atoms with E-state index in [1.54, 1.807) is 48.5 Å². The van der Waals surface area contributed by atoms with Gasteiger partial charge in [0, 0.05) is 11.3 Å². The van der Waals surface area contributed by atoms with Gasteiger partial charge in [-0.15, -0.1) is 0 Å². The smallest absolute Gasteiger partial charge is 0.268 e. The summed E-state index contributed by atoms with van der Waals surface area (Å²) in [5, 5.41) is 3.91. The number of amides is 2. The Balaban J connectivity index is 1.69. The average molecular weight is 411 g/mol. The second-order valence-electron chi connectivity index (χ2n) is 7.37. The Bertz CT molecular complexity index is 1160. The van der Waals surface area contributed by atoms with Crippen LogP contribution in [0.25, 0.3) is 5.69 Å². The van der Waals surface area contributed by atoms with Crippen molar-refractivity contribution in [3.63, 3.8) is 0 Å². The number of alkyl halides is 3. The SMILES string of the molecule is O=C1c2ccccc2C(=O)N1c1ccccc1-n1nc(C(F)(F)F)c2c1CCCC2. The molecule has 0 N–H and O–H groups in total. The topological polar surface area (TPSA) is 55.2 Å². The molecule has 0 saturated carbocycles. The fourth-order valence-corrected chi connectivity index (χ4v) is 4.27. The number of carbonyl (C=O) groups is 2. The number of para-hydroxylation sites is 2. The number of anilines is 1. The normalized spacial score (nSPS) is 16.0. The second-order valence-corrected chi connectivity index (χ2v) is 7.37. The molecular weight excluding hydrogens is 395 g/mol. The lowest BCUT2D eigenvalue weighted by Gasteiger charge is -2.20. The van der Waals surface area contributed by atoms with Crippen molar-refractivity contribution in [2.24, 2.45) is 0 Å². The second kappa shape index (κ2) is 6.55. The Morgan fingerprint density at radius 2 is 1.37 bits per heavy atom. The zero-order chi connectivity index (χ0) is 21.0. The van der Waals surface area contributed by atoms with Gasteiger partial charge < -0.3 is 0 Å². The molecular formula is C22H16F3N3O2. The number of imide groups is 1. The summed E-state index contributed by atoms with van der Waals surface area (Å²) in [6.45, 7) is 0. The highest BCUT2D eigenvalue weighted by Crippen LogP contribution is 2.39.